The molecule has 0 unspecified atom stereocenters. The van der Waals surface area contributed by atoms with E-state index in [4.69, 9.17) is 10.8 Å². The van der Waals surface area contributed by atoms with Crippen LogP contribution < -0.4 is 11.1 Å². The Labute approximate surface area is 98.9 Å². The summed E-state index contributed by atoms with van der Waals surface area (Å²) in [5.41, 5.74) is 6.59. The van der Waals surface area contributed by atoms with Crippen molar-refractivity contribution in [1.82, 2.24) is 9.55 Å². The van der Waals surface area contributed by atoms with Gasteiger partial charge in [-0.2, -0.15) is 0 Å². The third-order valence-corrected chi connectivity index (χ3v) is 3.26. The number of aliphatic hydroxyl groups excluding tert-OH is 1. The van der Waals surface area contributed by atoms with Crippen molar-refractivity contribution in [2.45, 2.75) is 19.0 Å². The van der Waals surface area contributed by atoms with Gasteiger partial charge in [-0.15, -0.1) is 0 Å². The molecule has 0 amide bonds. The van der Waals surface area contributed by atoms with E-state index in [1.807, 2.05) is 0 Å². The fourth-order valence-corrected chi connectivity index (χ4v) is 2.32. The van der Waals surface area contributed by atoms with Crippen LogP contribution in [0.4, 0.5) is 5.82 Å². The third kappa shape index (κ3) is 1.70. The molecule has 0 saturated heterocycles. The maximum absolute atomic E-state index is 9.13. The molecule has 1 aromatic rings. The SMILES string of the molecule is NC1=NCc2ncn([C@@H]3C=C[C@H](CO)C3)c2N1. The van der Waals surface area contributed by atoms with Crippen molar-refractivity contribution in [3.63, 3.8) is 0 Å². The number of aromatic nitrogens is 2. The lowest BCUT2D eigenvalue weighted by molar-refractivity contribution is 0.244. The van der Waals surface area contributed by atoms with Crippen LogP contribution in [0.15, 0.2) is 23.5 Å². The summed E-state index contributed by atoms with van der Waals surface area (Å²) in [7, 11) is 0. The highest BCUT2D eigenvalue weighted by Gasteiger charge is 2.24. The van der Waals surface area contributed by atoms with Crippen molar-refractivity contribution >= 4 is 11.8 Å². The molecule has 1 aliphatic heterocycles. The van der Waals surface area contributed by atoms with Gasteiger partial charge in [0.05, 0.1) is 18.9 Å². The Morgan fingerprint density at radius 3 is 3.18 bits per heavy atom. The van der Waals surface area contributed by atoms with E-state index in [-0.39, 0.29) is 18.6 Å². The lowest BCUT2D eigenvalue weighted by Gasteiger charge is -2.19. The molecule has 0 aromatic carbocycles. The van der Waals surface area contributed by atoms with Crippen molar-refractivity contribution in [3.05, 3.63) is 24.2 Å². The number of nitrogens with zero attached hydrogens (tertiary/aromatic N) is 3. The number of imidazole rings is 1. The van der Waals surface area contributed by atoms with Crippen molar-refractivity contribution < 1.29 is 5.11 Å². The minimum atomic E-state index is 0.195. The molecule has 3 rings (SSSR count). The van der Waals surface area contributed by atoms with Crippen LogP contribution in [0.5, 0.6) is 0 Å². The number of hydrogen-bond donors (Lipinski definition) is 3. The van der Waals surface area contributed by atoms with E-state index in [2.05, 4.69) is 32.0 Å². The zero-order chi connectivity index (χ0) is 11.8. The summed E-state index contributed by atoms with van der Waals surface area (Å²) in [6, 6.07) is 0.238. The number of nitrogens with two attached hydrogens (primary N) is 1. The van der Waals surface area contributed by atoms with Gasteiger partial charge >= 0.3 is 0 Å². The molecule has 6 nitrogen and oxygen atoms in total. The number of allylic oxidation sites excluding steroid dienone is 1. The van der Waals surface area contributed by atoms with Crippen LogP contribution in [0.25, 0.3) is 0 Å². The number of nitrogens with one attached hydrogen (secondary N) is 1. The number of anilines is 1. The van der Waals surface area contributed by atoms with Crippen LogP contribution in [-0.4, -0.2) is 27.2 Å². The van der Waals surface area contributed by atoms with Crippen LogP contribution in [0.2, 0.25) is 0 Å². The maximum Gasteiger partial charge on any atom is 0.194 e. The maximum atomic E-state index is 9.13. The first-order valence-corrected chi connectivity index (χ1v) is 5.69. The van der Waals surface area contributed by atoms with Crippen molar-refractivity contribution in [2.24, 2.45) is 16.6 Å². The average Bonchev–Trinajstić information content (AvgIpc) is 2.93. The standard InChI is InChI=1S/C11H15N5O/c12-11-13-4-9-10(15-11)16(6-14-9)8-2-1-7(3-8)5-17/h1-2,6-8,17H,3-5H2,(H3,12,13,15)/t7-,8+/m0/s1. The lowest BCUT2D eigenvalue weighted by atomic mass is 10.1. The Balaban J connectivity index is 1.87. The predicted octanol–water partition coefficient (Wildman–Crippen LogP) is 0.233. The van der Waals surface area contributed by atoms with E-state index in [1.54, 1.807) is 6.33 Å². The number of hydrogen-bond acceptors (Lipinski definition) is 5. The Kier molecular flexibility index (Phi) is 2.36. The number of aliphatic hydroxyl groups is 1. The molecular formula is C11H15N5O. The molecule has 17 heavy (non-hydrogen) atoms. The Bertz CT molecular complexity index is 490. The number of rotatable bonds is 2. The first-order valence-electron chi connectivity index (χ1n) is 5.69. The second kappa shape index (κ2) is 3.89. The molecule has 2 aliphatic rings. The van der Waals surface area contributed by atoms with Crippen molar-refractivity contribution in [3.8, 4) is 0 Å². The molecule has 0 spiro atoms. The molecule has 0 saturated carbocycles. The van der Waals surface area contributed by atoms with Crippen LogP contribution in [-0.2, 0) is 6.54 Å². The summed E-state index contributed by atoms with van der Waals surface area (Å²) in [5, 5.41) is 12.2. The zero-order valence-electron chi connectivity index (χ0n) is 9.37. The van der Waals surface area contributed by atoms with Gasteiger partial charge in [-0.3, -0.25) is 0 Å². The minimum Gasteiger partial charge on any atom is -0.396 e. The van der Waals surface area contributed by atoms with Gasteiger partial charge in [-0.05, 0) is 6.42 Å². The summed E-state index contributed by atoms with van der Waals surface area (Å²) in [6.07, 6.45) is 6.86. The summed E-state index contributed by atoms with van der Waals surface area (Å²) in [5.74, 6) is 1.60. The van der Waals surface area contributed by atoms with Crippen LogP contribution in [0.3, 0.4) is 0 Å². The number of guanidine groups is 1. The van der Waals surface area contributed by atoms with E-state index in [1.165, 1.54) is 0 Å². The summed E-state index contributed by atoms with van der Waals surface area (Å²) in [4.78, 5) is 8.42. The smallest absolute Gasteiger partial charge is 0.194 e. The molecule has 0 bridgehead atoms. The predicted molar refractivity (Wildman–Crippen MR) is 64.5 cm³/mol. The fraction of sp³-hybridized carbons (Fsp3) is 0.455. The van der Waals surface area contributed by atoms with E-state index in [0.717, 1.165) is 17.9 Å². The monoisotopic (exact) mass is 233 g/mol. The molecule has 1 aromatic heterocycles. The molecule has 0 radical (unpaired) electrons. The normalized spacial score (nSPS) is 26.5. The second-order valence-electron chi connectivity index (χ2n) is 4.40. The topological polar surface area (TPSA) is 88.5 Å². The Morgan fingerprint density at radius 1 is 1.53 bits per heavy atom. The van der Waals surface area contributed by atoms with Crippen LogP contribution >= 0.6 is 0 Å². The average molecular weight is 233 g/mol. The van der Waals surface area contributed by atoms with Gasteiger partial charge in [0.1, 0.15) is 11.5 Å². The lowest BCUT2D eigenvalue weighted by Crippen LogP contribution is -2.28. The van der Waals surface area contributed by atoms with E-state index in [0.29, 0.717) is 12.5 Å². The highest BCUT2D eigenvalue weighted by atomic mass is 16.3. The van der Waals surface area contributed by atoms with Crippen molar-refractivity contribution in [1.29, 1.82) is 0 Å². The van der Waals surface area contributed by atoms with Gasteiger partial charge in [0.25, 0.3) is 0 Å². The van der Waals surface area contributed by atoms with Crippen LogP contribution in [0.1, 0.15) is 18.2 Å². The Morgan fingerprint density at radius 2 is 2.41 bits per heavy atom. The van der Waals surface area contributed by atoms with Gasteiger partial charge < -0.3 is 20.7 Å². The minimum absolute atomic E-state index is 0.195. The molecule has 0 fully saturated rings. The molecule has 90 valence electrons. The number of aliphatic imine (C=N–C) groups is 1. The molecule has 2 heterocycles. The Hall–Kier alpha value is -1.82. The van der Waals surface area contributed by atoms with E-state index < -0.39 is 0 Å². The molecular weight excluding hydrogens is 218 g/mol. The molecule has 1 aliphatic carbocycles. The van der Waals surface area contributed by atoms with Gasteiger partial charge in [0, 0.05) is 12.5 Å². The summed E-state index contributed by atoms with van der Waals surface area (Å²) >= 11 is 0. The molecule has 2 atom stereocenters. The van der Waals surface area contributed by atoms with Gasteiger partial charge in [-0.1, -0.05) is 12.2 Å². The van der Waals surface area contributed by atoms with E-state index in [9.17, 15) is 0 Å². The molecule has 4 N–H and O–H groups in total. The molecule has 6 heteroatoms. The first-order chi connectivity index (χ1) is 8.28. The summed E-state index contributed by atoms with van der Waals surface area (Å²) in [6.45, 7) is 0.724. The highest BCUT2D eigenvalue weighted by molar-refractivity contribution is 5.93. The quantitative estimate of drug-likeness (QED) is 0.638. The zero-order valence-corrected chi connectivity index (χ0v) is 9.37. The number of fused-ring (bicyclic) bond motifs is 1. The van der Waals surface area contributed by atoms with E-state index >= 15 is 0 Å². The van der Waals surface area contributed by atoms with Crippen molar-refractivity contribution in [2.75, 3.05) is 11.9 Å². The first kappa shape index (κ1) is 10.3. The largest absolute Gasteiger partial charge is 0.396 e. The summed E-state index contributed by atoms with van der Waals surface area (Å²) < 4.78 is 2.06. The highest BCUT2D eigenvalue weighted by Crippen LogP contribution is 2.32. The van der Waals surface area contributed by atoms with Gasteiger partial charge in [-0.25, -0.2) is 9.98 Å². The third-order valence-electron chi connectivity index (χ3n) is 3.26. The van der Waals surface area contributed by atoms with Gasteiger partial charge in [0.2, 0.25) is 0 Å². The van der Waals surface area contributed by atoms with Gasteiger partial charge in [0.15, 0.2) is 5.96 Å². The fourth-order valence-electron chi connectivity index (χ4n) is 2.32. The van der Waals surface area contributed by atoms with Crippen LogP contribution in [0, 0.1) is 5.92 Å². The second-order valence-corrected chi connectivity index (χ2v) is 4.40.